The summed E-state index contributed by atoms with van der Waals surface area (Å²) in [4.78, 5) is 11.4. The van der Waals surface area contributed by atoms with Crippen LogP contribution in [-0.2, 0) is 16.0 Å². The molecule has 1 N–H and O–H groups in total. The molecular formula is C13H16F3NO2. The molecule has 1 aromatic carbocycles. The van der Waals surface area contributed by atoms with Crippen LogP contribution in [0.15, 0.2) is 24.3 Å². The van der Waals surface area contributed by atoms with Gasteiger partial charge < -0.3 is 10.1 Å². The van der Waals surface area contributed by atoms with Crippen LogP contribution in [0.3, 0.4) is 0 Å². The highest BCUT2D eigenvalue weighted by Crippen LogP contribution is 2.14. The van der Waals surface area contributed by atoms with E-state index in [0.29, 0.717) is 5.69 Å². The molecule has 0 saturated carbocycles. The molecule has 0 heterocycles. The summed E-state index contributed by atoms with van der Waals surface area (Å²) in [5.41, 5.74) is 1.77. The second-order valence-electron chi connectivity index (χ2n) is 4.02. The van der Waals surface area contributed by atoms with Crippen LogP contribution in [0.4, 0.5) is 18.9 Å². The Labute approximate surface area is 109 Å². The zero-order valence-corrected chi connectivity index (χ0v) is 10.6. The zero-order valence-electron chi connectivity index (χ0n) is 10.6. The van der Waals surface area contributed by atoms with Crippen LogP contribution >= 0.6 is 0 Å². The Morgan fingerprint density at radius 2 is 1.89 bits per heavy atom. The van der Waals surface area contributed by atoms with Gasteiger partial charge in [0.15, 0.2) is 0 Å². The van der Waals surface area contributed by atoms with Crippen LogP contribution in [0.1, 0.15) is 18.9 Å². The van der Waals surface area contributed by atoms with E-state index in [2.05, 4.69) is 10.1 Å². The topological polar surface area (TPSA) is 38.3 Å². The first-order chi connectivity index (χ1) is 8.90. The van der Waals surface area contributed by atoms with E-state index in [1.54, 1.807) is 12.1 Å². The van der Waals surface area contributed by atoms with Gasteiger partial charge in [-0.3, -0.25) is 4.79 Å². The van der Waals surface area contributed by atoms with Crippen LogP contribution in [0.25, 0.3) is 0 Å². The molecule has 0 aliphatic rings. The van der Waals surface area contributed by atoms with E-state index < -0.39 is 12.8 Å². The third kappa shape index (κ3) is 6.81. The SMILES string of the molecule is CCc1ccc(NC(=O)CCOCC(F)(F)F)cc1. The van der Waals surface area contributed by atoms with Crippen LogP contribution in [-0.4, -0.2) is 25.3 Å². The fourth-order valence-corrected chi connectivity index (χ4v) is 1.40. The van der Waals surface area contributed by atoms with Gasteiger partial charge in [0.1, 0.15) is 6.61 Å². The summed E-state index contributed by atoms with van der Waals surface area (Å²) in [5, 5.41) is 2.59. The molecule has 0 aromatic heterocycles. The highest BCUT2D eigenvalue weighted by atomic mass is 19.4. The average molecular weight is 275 g/mol. The summed E-state index contributed by atoms with van der Waals surface area (Å²) >= 11 is 0. The van der Waals surface area contributed by atoms with Gasteiger partial charge in [-0.15, -0.1) is 0 Å². The monoisotopic (exact) mass is 275 g/mol. The third-order valence-electron chi connectivity index (χ3n) is 2.39. The molecule has 1 rings (SSSR count). The summed E-state index contributed by atoms with van der Waals surface area (Å²) in [5.74, 6) is -0.369. The van der Waals surface area contributed by atoms with E-state index in [1.807, 2.05) is 19.1 Å². The highest BCUT2D eigenvalue weighted by molar-refractivity contribution is 5.90. The number of carbonyl (C=O) groups excluding carboxylic acids is 1. The number of halogens is 3. The van der Waals surface area contributed by atoms with Crippen LogP contribution < -0.4 is 5.32 Å². The number of anilines is 1. The first kappa shape index (κ1) is 15.5. The van der Waals surface area contributed by atoms with Crippen molar-refractivity contribution in [2.24, 2.45) is 0 Å². The summed E-state index contributed by atoms with van der Waals surface area (Å²) in [6, 6.07) is 7.28. The van der Waals surface area contributed by atoms with Gasteiger partial charge in [0, 0.05) is 5.69 Å². The van der Waals surface area contributed by atoms with Crippen molar-refractivity contribution in [3.63, 3.8) is 0 Å². The van der Waals surface area contributed by atoms with Crippen molar-refractivity contribution >= 4 is 11.6 Å². The Morgan fingerprint density at radius 3 is 2.42 bits per heavy atom. The van der Waals surface area contributed by atoms with Crippen molar-refractivity contribution in [2.45, 2.75) is 25.9 Å². The molecule has 3 nitrogen and oxygen atoms in total. The fourth-order valence-electron chi connectivity index (χ4n) is 1.40. The van der Waals surface area contributed by atoms with E-state index in [-0.39, 0.29) is 18.9 Å². The molecule has 0 unspecified atom stereocenters. The van der Waals surface area contributed by atoms with Gasteiger partial charge >= 0.3 is 6.18 Å². The maximum Gasteiger partial charge on any atom is 0.411 e. The van der Waals surface area contributed by atoms with E-state index in [4.69, 9.17) is 0 Å². The van der Waals surface area contributed by atoms with Gasteiger partial charge in [-0.2, -0.15) is 13.2 Å². The number of aryl methyl sites for hydroxylation is 1. The molecule has 0 saturated heterocycles. The van der Waals surface area contributed by atoms with E-state index in [1.165, 1.54) is 0 Å². The molecule has 106 valence electrons. The second-order valence-corrected chi connectivity index (χ2v) is 4.02. The minimum Gasteiger partial charge on any atom is -0.372 e. The van der Waals surface area contributed by atoms with E-state index >= 15 is 0 Å². The van der Waals surface area contributed by atoms with Crippen molar-refractivity contribution in [2.75, 3.05) is 18.5 Å². The maximum absolute atomic E-state index is 11.8. The molecule has 1 amide bonds. The zero-order chi connectivity index (χ0) is 14.3. The van der Waals surface area contributed by atoms with Crippen molar-refractivity contribution < 1.29 is 22.7 Å². The number of hydrogen-bond acceptors (Lipinski definition) is 2. The van der Waals surface area contributed by atoms with Crippen molar-refractivity contribution in [3.8, 4) is 0 Å². The van der Waals surface area contributed by atoms with Gasteiger partial charge in [0.05, 0.1) is 13.0 Å². The van der Waals surface area contributed by atoms with Crippen LogP contribution in [0.2, 0.25) is 0 Å². The molecule has 6 heteroatoms. The Balaban J connectivity index is 2.27. The lowest BCUT2D eigenvalue weighted by atomic mass is 10.1. The number of nitrogens with one attached hydrogen (secondary N) is 1. The van der Waals surface area contributed by atoms with Crippen molar-refractivity contribution in [1.82, 2.24) is 0 Å². The fraction of sp³-hybridized carbons (Fsp3) is 0.462. The lowest BCUT2D eigenvalue weighted by Crippen LogP contribution is -2.20. The minimum absolute atomic E-state index is 0.106. The van der Waals surface area contributed by atoms with Crippen LogP contribution in [0.5, 0.6) is 0 Å². The summed E-state index contributed by atoms with van der Waals surface area (Å²) in [6.07, 6.45) is -3.56. The van der Waals surface area contributed by atoms with Gasteiger partial charge in [-0.25, -0.2) is 0 Å². The summed E-state index contributed by atoms with van der Waals surface area (Å²) < 4.78 is 39.7. The number of benzene rings is 1. The largest absolute Gasteiger partial charge is 0.411 e. The maximum atomic E-state index is 11.8. The molecule has 0 fully saturated rings. The number of alkyl halides is 3. The predicted octanol–water partition coefficient (Wildman–Crippen LogP) is 3.16. The molecule has 0 radical (unpaired) electrons. The highest BCUT2D eigenvalue weighted by Gasteiger charge is 2.27. The Bertz CT molecular complexity index is 401. The van der Waals surface area contributed by atoms with Gasteiger partial charge in [-0.1, -0.05) is 19.1 Å². The first-order valence-corrected chi connectivity index (χ1v) is 5.94. The molecular weight excluding hydrogens is 259 g/mol. The van der Waals surface area contributed by atoms with Crippen molar-refractivity contribution in [1.29, 1.82) is 0 Å². The normalized spacial score (nSPS) is 11.4. The number of hydrogen-bond donors (Lipinski definition) is 1. The predicted molar refractivity (Wildman–Crippen MR) is 65.9 cm³/mol. The molecule has 0 bridgehead atoms. The van der Waals surface area contributed by atoms with E-state index in [0.717, 1.165) is 12.0 Å². The lowest BCUT2D eigenvalue weighted by molar-refractivity contribution is -0.174. The minimum atomic E-state index is -4.35. The molecule has 0 atom stereocenters. The van der Waals surface area contributed by atoms with Gasteiger partial charge in [-0.05, 0) is 24.1 Å². The number of amides is 1. The molecule has 19 heavy (non-hydrogen) atoms. The van der Waals surface area contributed by atoms with Crippen molar-refractivity contribution in [3.05, 3.63) is 29.8 Å². The Morgan fingerprint density at radius 1 is 1.26 bits per heavy atom. The second kappa shape index (κ2) is 7.13. The van der Waals surface area contributed by atoms with Gasteiger partial charge in [0.25, 0.3) is 0 Å². The van der Waals surface area contributed by atoms with Crippen LogP contribution in [0, 0.1) is 0 Å². The van der Waals surface area contributed by atoms with E-state index in [9.17, 15) is 18.0 Å². The lowest BCUT2D eigenvalue weighted by Gasteiger charge is -2.08. The van der Waals surface area contributed by atoms with Gasteiger partial charge in [0.2, 0.25) is 5.91 Å². The smallest absolute Gasteiger partial charge is 0.372 e. The Hall–Kier alpha value is -1.56. The Kier molecular flexibility index (Phi) is 5.82. The quantitative estimate of drug-likeness (QED) is 0.810. The molecule has 1 aromatic rings. The summed E-state index contributed by atoms with van der Waals surface area (Å²) in [6.45, 7) is 0.440. The molecule has 0 spiro atoms. The first-order valence-electron chi connectivity index (χ1n) is 5.94. The molecule has 0 aliphatic carbocycles. The average Bonchev–Trinajstić information content (AvgIpc) is 2.34. The number of rotatable bonds is 6. The summed E-state index contributed by atoms with van der Waals surface area (Å²) in [7, 11) is 0. The number of ether oxygens (including phenoxy) is 1. The molecule has 0 aliphatic heterocycles. The third-order valence-corrected chi connectivity index (χ3v) is 2.39. The standard InChI is InChI=1S/C13H16F3NO2/c1-2-10-3-5-11(6-4-10)17-12(18)7-8-19-9-13(14,15)16/h3-6H,2,7-9H2,1H3,(H,17,18). The number of carbonyl (C=O) groups is 1.